The van der Waals surface area contributed by atoms with Crippen LogP contribution in [0.3, 0.4) is 0 Å². The minimum absolute atomic E-state index is 0.0651. The molecule has 0 spiro atoms. The molecule has 1 aliphatic heterocycles. The lowest BCUT2D eigenvalue weighted by Gasteiger charge is -2.34. The van der Waals surface area contributed by atoms with Gasteiger partial charge in [-0.1, -0.05) is 13.8 Å². The maximum absolute atomic E-state index is 6.26. The van der Waals surface area contributed by atoms with Crippen molar-refractivity contribution in [2.75, 3.05) is 0 Å². The molecule has 174 valence electrons. The van der Waals surface area contributed by atoms with Crippen molar-refractivity contribution in [2.24, 2.45) is 0 Å². The van der Waals surface area contributed by atoms with Gasteiger partial charge >= 0.3 is 0 Å². The van der Waals surface area contributed by atoms with E-state index in [0.29, 0.717) is 0 Å². The summed E-state index contributed by atoms with van der Waals surface area (Å²) in [5.74, 6) is 1.13. The molecule has 31 heavy (non-hydrogen) atoms. The average Bonchev–Trinajstić information content (AvgIpc) is 2.92. The van der Waals surface area contributed by atoms with Gasteiger partial charge in [-0.05, 0) is 139 Å². The number of ether oxygens (including phenoxy) is 1. The summed E-state index contributed by atoms with van der Waals surface area (Å²) in [6, 6.07) is 0. The standard InChI is InChI=1S/C16H24O.C12H18.I2/c1-9-10(2)12(4)14-13(11(9)3)15(5,6)16(7,8)17-14;1-7-8(2)10(4)12(6)11(5)9(7)3;1-2/h1-8H3;1-6H3;. The van der Waals surface area contributed by atoms with Gasteiger partial charge in [-0.15, -0.1) is 0 Å². The monoisotopic (exact) mass is 648 g/mol. The Balaban J connectivity index is 0.000000303. The second kappa shape index (κ2) is 10.3. The molecule has 1 heterocycles. The highest BCUT2D eigenvalue weighted by molar-refractivity contribution is 15.0. The molecule has 0 aliphatic carbocycles. The van der Waals surface area contributed by atoms with Crippen molar-refractivity contribution in [1.29, 1.82) is 0 Å². The Hall–Kier alpha value is -0.300. The smallest absolute Gasteiger partial charge is 0.127 e. The molecular formula is C28H42I2O. The molecule has 3 heteroatoms. The van der Waals surface area contributed by atoms with E-state index in [1.54, 1.807) is 0 Å². The minimum Gasteiger partial charge on any atom is -0.486 e. The zero-order valence-corrected chi connectivity index (χ0v) is 26.5. The summed E-state index contributed by atoms with van der Waals surface area (Å²) in [6.45, 7) is 31.1. The zero-order valence-electron chi connectivity index (χ0n) is 22.2. The van der Waals surface area contributed by atoms with Crippen LogP contribution in [-0.4, -0.2) is 5.60 Å². The summed E-state index contributed by atoms with van der Waals surface area (Å²) in [5.41, 5.74) is 15.6. The van der Waals surface area contributed by atoms with E-state index in [1.165, 1.54) is 61.2 Å². The quantitative estimate of drug-likeness (QED) is 0.259. The molecule has 0 fully saturated rings. The number of fused-ring (bicyclic) bond motifs is 1. The maximum Gasteiger partial charge on any atom is 0.127 e. The highest BCUT2D eigenvalue weighted by Gasteiger charge is 2.49. The fourth-order valence-electron chi connectivity index (χ4n) is 4.53. The molecule has 2 aromatic rings. The van der Waals surface area contributed by atoms with Crippen molar-refractivity contribution >= 4 is 37.2 Å². The molecule has 0 saturated carbocycles. The van der Waals surface area contributed by atoms with Gasteiger partial charge in [0.1, 0.15) is 11.4 Å². The van der Waals surface area contributed by atoms with Gasteiger partial charge in [0.2, 0.25) is 0 Å². The molecule has 0 amide bonds. The molecule has 0 aromatic heterocycles. The summed E-state index contributed by atoms with van der Waals surface area (Å²) in [7, 11) is 0. The molecule has 0 bridgehead atoms. The van der Waals surface area contributed by atoms with Crippen LogP contribution in [0.5, 0.6) is 5.75 Å². The Bertz CT molecular complexity index is 877. The summed E-state index contributed by atoms with van der Waals surface area (Å²) < 4.78 is 6.26. The van der Waals surface area contributed by atoms with Crippen LogP contribution < -0.4 is 4.74 Å². The molecule has 0 N–H and O–H groups in total. The first-order chi connectivity index (χ1) is 14.1. The van der Waals surface area contributed by atoms with Crippen LogP contribution in [0.1, 0.15) is 88.9 Å². The maximum atomic E-state index is 6.26. The third-order valence-electron chi connectivity index (χ3n) is 8.49. The van der Waals surface area contributed by atoms with Gasteiger partial charge in [-0.3, -0.25) is 0 Å². The molecule has 1 nitrogen and oxygen atoms in total. The van der Waals surface area contributed by atoms with Crippen LogP contribution in [0.25, 0.3) is 0 Å². The van der Waals surface area contributed by atoms with Gasteiger partial charge in [0.25, 0.3) is 0 Å². The van der Waals surface area contributed by atoms with Crippen molar-refractivity contribution in [3.63, 3.8) is 0 Å². The highest BCUT2D eigenvalue weighted by Crippen LogP contribution is 2.52. The van der Waals surface area contributed by atoms with Crippen molar-refractivity contribution in [1.82, 2.24) is 0 Å². The highest BCUT2D eigenvalue weighted by atomic mass is 128. The number of hydrogen-bond donors (Lipinski definition) is 0. The largest absolute Gasteiger partial charge is 0.486 e. The Morgan fingerprint density at radius 3 is 1.03 bits per heavy atom. The van der Waals surface area contributed by atoms with E-state index >= 15 is 0 Å². The zero-order chi connectivity index (χ0) is 24.6. The van der Waals surface area contributed by atoms with Crippen molar-refractivity contribution in [3.8, 4) is 5.75 Å². The summed E-state index contributed by atoms with van der Waals surface area (Å²) in [5, 5.41) is 0. The third kappa shape index (κ3) is 4.97. The summed E-state index contributed by atoms with van der Waals surface area (Å²) >= 11 is 4.24. The Kier molecular flexibility index (Phi) is 9.56. The van der Waals surface area contributed by atoms with Crippen LogP contribution in [0.4, 0.5) is 0 Å². The first kappa shape index (κ1) is 28.7. The Morgan fingerprint density at radius 1 is 0.452 bits per heavy atom. The lowest BCUT2D eigenvalue weighted by atomic mass is 9.71. The van der Waals surface area contributed by atoms with Gasteiger partial charge in [-0.2, -0.15) is 0 Å². The molecule has 3 rings (SSSR count). The van der Waals surface area contributed by atoms with Gasteiger partial charge in [-0.25, -0.2) is 0 Å². The minimum atomic E-state index is -0.134. The van der Waals surface area contributed by atoms with Crippen molar-refractivity contribution in [2.45, 2.75) is 108 Å². The molecule has 0 radical (unpaired) electrons. The van der Waals surface area contributed by atoms with E-state index in [2.05, 4.69) is 134 Å². The topological polar surface area (TPSA) is 9.23 Å². The number of benzene rings is 2. The fraction of sp³-hybridized carbons (Fsp3) is 0.571. The van der Waals surface area contributed by atoms with E-state index in [4.69, 9.17) is 4.74 Å². The van der Waals surface area contributed by atoms with E-state index < -0.39 is 0 Å². The van der Waals surface area contributed by atoms with E-state index in [0.717, 1.165) is 5.75 Å². The Morgan fingerprint density at radius 2 is 0.710 bits per heavy atom. The van der Waals surface area contributed by atoms with Crippen LogP contribution in [0.15, 0.2) is 0 Å². The van der Waals surface area contributed by atoms with Gasteiger partial charge in [0.05, 0.1) is 0 Å². The SMILES string of the molecule is Cc1c(C)c(C)c(C)c(C)c1C.Cc1c(C)c(C)c2c(c1C)OC(C)(C)C2(C)C.II. The summed E-state index contributed by atoms with van der Waals surface area (Å²) in [4.78, 5) is 0. The van der Waals surface area contributed by atoms with Gasteiger partial charge in [0, 0.05) is 48.2 Å². The van der Waals surface area contributed by atoms with Crippen LogP contribution in [0, 0.1) is 69.2 Å². The first-order valence-corrected chi connectivity index (χ1v) is 17.3. The normalized spacial score (nSPS) is 15.2. The lowest BCUT2D eigenvalue weighted by molar-refractivity contribution is 0.0706. The van der Waals surface area contributed by atoms with Crippen LogP contribution in [0.2, 0.25) is 0 Å². The molecule has 0 saturated heterocycles. The predicted octanol–water partition coefficient (Wildman–Crippen LogP) is 9.68. The Labute approximate surface area is 215 Å². The van der Waals surface area contributed by atoms with E-state index in [1.807, 2.05) is 0 Å². The van der Waals surface area contributed by atoms with E-state index in [9.17, 15) is 0 Å². The lowest BCUT2D eigenvalue weighted by Crippen LogP contribution is -2.42. The van der Waals surface area contributed by atoms with Crippen LogP contribution in [-0.2, 0) is 5.41 Å². The summed E-state index contributed by atoms with van der Waals surface area (Å²) in [6.07, 6.45) is 0. The molecule has 0 atom stereocenters. The number of halogens is 2. The van der Waals surface area contributed by atoms with Crippen molar-refractivity contribution < 1.29 is 4.74 Å². The van der Waals surface area contributed by atoms with Crippen LogP contribution >= 0.6 is 37.2 Å². The van der Waals surface area contributed by atoms with Gasteiger partial charge in [0.15, 0.2) is 0 Å². The van der Waals surface area contributed by atoms with Gasteiger partial charge < -0.3 is 4.74 Å². The average molecular weight is 648 g/mol. The number of rotatable bonds is 0. The molecular weight excluding hydrogens is 606 g/mol. The third-order valence-corrected chi connectivity index (χ3v) is 8.49. The number of hydrogen-bond acceptors (Lipinski definition) is 1. The molecule has 1 aliphatic rings. The fourth-order valence-corrected chi connectivity index (χ4v) is 4.53. The second-order valence-corrected chi connectivity index (χ2v) is 10.2. The molecule has 0 unspecified atom stereocenters. The predicted molar refractivity (Wildman–Crippen MR) is 156 cm³/mol. The molecule has 2 aromatic carbocycles. The second-order valence-electron chi connectivity index (χ2n) is 10.2. The van der Waals surface area contributed by atoms with Crippen molar-refractivity contribution in [3.05, 3.63) is 61.2 Å². The van der Waals surface area contributed by atoms with E-state index in [-0.39, 0.29) is 11.0 Å². The first-order valence-electron chi connectivity index (χ1n) is 11.1.